The normalized spacial score (nSPS) is 11.1. The zero-order valence-electron chi connectivity index (χ0n) is 14.7. The van der Waals surface area contributed by atoms with Gasteiger partial charge in [0.15, 0.2) is 5.65 Å². The van der Waals surface area contributed by atoms with Crippen LogP contribution < -0.4 is 5.56 Å². The summed E-state index contributed by atoms with van der Waals surface area (Å²) in [5.74, 6) is -1.46. The second-order valence-corrected chi connectivity index (χ2v) is 6.38. The van der Waals surface area contributed by atoms with Crippen molar-refractivity contribution in [1.29, 1.82) is 0 Å². The summed E-state index contributed by atoms with van der Waals surface area (Å²) in [7, 11) is 0. The second kappa shape index (κ2) is 6.39. The van der Waals surface area contributed by atoms with Gasteiger partial charge >= 0.3 is 0 Å². The summed E-state index contributed by atoms with van der Waals surface area (Å²) in [6.07, 6.45) is 0. The van der Waals surface area contributed by atoms with Gasteiger partial charge in [0.05, 0.1) is 11.4 Å². The fraction of sp³-hybridized carbons (Fsp3) is 0.0952. The third-order valence-corrected chi connectivity index (χ3v) is 4.40. The van der Waals surface area contributed by atoms with E-state index in [4.69, 9.17) is 0 Å². The molecule has 4 nitrogen and oxygen atoms in total. The molecule has 6 heteroatoms. The largest absolute Gasteiger partial charge is 0.275 e. The summed E-state index contributed by atoms with van der Waals surface area (Å²) >= 11 is 0. The molecule has 4 rings (SSSR count). The molecule has 0 bridgehead atoms. The highest BCUT2D eigenvalue weighted by atomic mass is 19.1. The van der Waals surface area contributed by atoms with Gasteiger partial charge in [-0.1, -0.05) is 29.8 Å². The molecule has 0 aliphatic carbocycles. The molecule has 0 saturated heterocycles. The van der Waals surface area contributed by atoms with E-state index < -0.39 is 17.2 Å². The molecule has 4 aromatic rings. The monoisotopic (exact) mass is 363 g/mol. The molecule has 2 aromatic carbocycles. The molecule has 2 aromatic heterocycles. The first-order valence-corrected chi connectivity index (χ1v) is 8.36. The van der Waals surface area contributed by atoms with Gasteiger partial charge in [-0.05, 0) is 37.6 Å². The van der Waals surface area contributed by atoms with Gasteiger partial charge in [0.2, 0.25) is 0 Å². The predicted octanol–water partition coefficient (Wildman–Crippen LogP) is 4.32. The van der Waals surface area contributed by atoms with Crippen LogP contribution in [0.1, 0.15) is 11.3 Å². The first-order chi connectivity index (χ1) is 12.9. The van der Waals surface area contributed by atoms with Crippen LogP contribution in [0, 0.1) is 25.5 Å². The summed E-state index contributed by atoms with van der Waals surface area (Å²) in [6.45, 7) is 3.81. The summed E-state index contributed by atoms with van der Waals surface area (Å²) in [6, 6.07) is 14.0. The number of hydrogen-bond donors (Lipinski definition) is 0. The molecule has 0 aliphatic rings. The van der Waals surface area contributed by atoms with Gasteiger partial charge < -0.3 is 0 Å². The third-order valence-electron chi connectivity index (χ3n) is 4.40. The lowest BCUT2D eigenvalue weighted by Crippen LogP contribution is -2.18. The average molecular weight is 363 g/mol. The maximum absolute atomic E-state index is 14.1. The number of fused-ring (bicyclic) bond motifs is 1. The Morgan fingerprint density at radius 1 is 0.889 bits per heavy atom. The fourth-order valence-electron chi connectivity index (χ4n) is 2.99. The van der Waals surface area contributed by atoms with Crippen LogP contribution in [-0.4, -0.2) is 14.6 Å². The number of nitrogens with zero attached hydrogens (tertiary/aromatic N) is 3. The molecule has 0 radical (unpaired) electrons. The number of aryl methyl sites for hydroxylation is 2. The van der Waals surface area contributed by atoms with Crippen LogP contribution in [0.5, 0.6) is 0 Å². The standard InChI is InChI=1S/C21H15F2N3O/c1-12-3-5-14(6-4-12)17-10-20-24-19(11-21(27)26(20)25-13(17)2)16-8-7-15(22)9-18(16)23/h3-11H,1-2H3. The van der Waals surface area contributed by atoms with E-state index >= 15 is 0 Å². The first kappa shape index (κ1) is 17.0. The summed E-state index contributed by atoms with van der Waals surface area (Å²) in [5, 5.41) is 4.33. The predicted molar refractivity (Wildman–Crippen MR) is 99.5 cm³/mol. The smallest absolute Gasteiger partial charge is 0.267 e. The Bertz CT molecular complexity index is 1230. The van der Waals surface area contributed by atoms with E-state index in [2.05, 4.69) is 10.1 Å². The van der Waals surface area contributed by atoms with E-state index in [1.807, 2.05) is 38.1 Å². The minimum Gasteiger partial charge on any atom is -0.267 e. The maximum atomic E-state index is 14.1. The Hall–Kier alpha value is -3.41. The number of aromatic nitrogens is 3. The molecule has 0 amide bonds. The van der Waals surface area contributed by atoms with E-state index in [1.54, 1.807) is 6.07 Å². The zero-order valence-corrected chi connectivity index (χ0v) is 14.7. The number of hydrogen-bond acceptors (Lipinski definition) is 3. The molecule has 0 saturated carbocycles. The molecular weight excluding hydrogens is 348 g/mol. The van der Waals surface area contributed by atoms with Gasteiger partial charge in [-0.3, -0.25) is 4.79 Å². The molecular formula is C21H15F2N3O. The van der Waals surface area contributed by atoms with Crippen LogP contribution in [0.2, 0.25) is 0 Å². The molecule has 0 fully saturated rings. The van der Waals surface area contributed by atoms with Crippen LogP contribution in [0.3, 0.4) is 0 Å². The Balaban J connectivity index is 1.94. The van der Waals surface area contributed by atoms with Crippen LogP contribution in [0.4, 0.5) is 8.78 Å². The number of rotatable bonds is 2. The molecule has 27 heavy (non-hydrogen) atoms. The molecule has 0 unspecified atom stereocenters. The molecule has 0 atom stereocenters. The van der Waals surface area contributed by atoms with Gasteiger partial charge in [-0.25, -0.2) is 13.8 Å². The molecule has 134 valence electrons. The Kier molecular flexibility index (Phi) is 4.03. The highest BCUT2D eigenvalue weighted by molar-refractivity contribution is 5.70. The highest BCUT2D eigenvalue weighted by Gasteiger charge is 2.13. The number of halogens is 2. The van der Waals surface area contributed by atoms with Crippen molar-refractivity contribution in [2.75, 3.05) is 0 Å². The van der Waals surface area contributed by atoms with Gasteiger partial charge in [0.1, 0.15) is 11.6 Å². The minimum atomic E-state index is -0.773. The fourth-order valence-corrected chi connectivity index (χ4v) is 2.99. The lowest BCUT2D eigenvalue weighted by Gasteiger charge is -2.10. The summed E-state index contributed by atoms with van der Waals surface area (Å²) in [5.41, 5.74) is 3.65. The summed E-state index contributed by atoms with van der Waals surface area (Å²) in [4.78, 5) is 16.8. The van der Waals surface area contributed by atoms with Crippen molar-refractivity contribution in [3.8, 4) is 22.4 Å². The van der Waals surface area contributed by atoms with E-state index in [-0.39, 0.29) is 11.3 Å². The van der Waals surface area contributed by atoms with Crippen LogP contribution in [-0.2, 0) is 0 Å². The van der Waals surface area contributed by atoms with Gasteiger partial charge in [0, 0.05) is 23.3 Å². The van der Waals surface area contributed by atoms with Crippen molar-refractivity contribution >= 4 is 5.65 Å². The van der Waals surface area contributed by atoms with Crippen LogP contribution in [0.15, 0.2) is 59.4 Å². The van der Waals surface area contributed by atoms with Gasteiger partial charge in [0.25, 0.3) is 5.56 Å². The van der Waals surface area contributed by atoms with E-state index in [0.29, 0.717) is 11.3 Å². The third kappa shape index (κ3) is 3.10. The topological polar surface area (TPSA) is 47.3 Å². The van der Waals surface area contributed by atoms with Crippen molar-refractivity contribution in [2.24, 2.45) is 0 Å². The lowest BCUT2D eigenvalue weighted by molar-refractivity contribution is 0.585. The lowest BCUT2D eigenvalue weighted by atomic mass is 10.0. The van der Waals surface area contributed by atoms with Crippen molar-refractivity contribution in [1.82, 2.24) is 14.6 Å². The quantitative estimate of drug-likeness (QED) is 0.533. The van der Waals surface area contributed by atoms with Crippen molar-refractivity contribution in [3.63, 3.8) is 0 Å². The highest BCUT2D eigenvalue weighted by Crippen LogP contribution is 2.25. The average Bonchev–Trinajstić information content (AvgIpc) is 2.62. The first-order valence-electron chi connectivity index (χ1n) is 8.36. The Morgan fingerprint density at radius 2 is 1.63 bits per heavy atom. The molecule has 2 heterocycles. The van der Waals surface area contributed by atoms with Gasteiger partial charge in [-0.15, -0.1) is 0 Å². The van der Waals surface area contributed by atoms with Crippen LogP contribution >= 0.6 is 0 Å². The van der Waals surface area contributed by atoms with E-state index in [9.17, 15) is 13.6 Å². The zero-order chi connectivity index (χ0) is 19.1. The molecule has 0 N–H and O–H groups in total. The number of benzene rings is 2. The Labute approximate surface area is 153 Å². The van der Waals surface area contributed by atoms with E-state index in [0.717, 1.165) is 28.8 Å². The van der Waals surface area contributed by atoms with Crippen LogP contribution in [0.25, 0.3) is 28.0 Å². The van der Waals surface area contributed by atoms with Crippen molar-refractivity contribution < 1.29 is 8.78 Å². The molecule has 0 spiro atoms. The van der Waals surface area contributed by atoms with Crippen molar-refractivity contribution in [3.05, 3.63) is 87.8 Å². The second-order valence-electron chi connectivity index (χ2n) is 6.38. The minimum absolute atomic E-state index is 0.0634. The molecule has 0 aliphatic heterocycles. The van der Waals surface area contributed by atoms with E-state index in [1.165, 1.54) is 16.6 Å². The summed E-state index contributed by atoms with van der Waals surface area (Å²) < 4.78 is 28.5. The van der Waals surface area contributed by atoms with Crippen molar-refractivity contribution in [2.45, 2.75) is 13.8 Å². The maximum Gasteiger partial charge on any atom is 0.275 e. The SMILES string of the molecule is Cc1ccc(-c2cc3nc(-c4ccc(F)cc4F)cc(=O)n3nc2C)cc1. The Morgan fingerprint density at radius 3 is 2.33 bits per heavy atom. The van der Waals surface area contributed by atoms with Gasteiger partial charge in [-0.2, -0.15) is 9.61 Å².